The van der Waals surface area contributed by atoms with Gasteiger partial charge in [-0.15, -0.1) is 0 Å². The predicted octanol–water partition coefficient (Wildman–Crippen LogP) is 4.07. The van der Waals surface area contributed by atoms with Crippen molar-refractivity contribution in [3.8, 4) is 0 Å². The highest BCUT2D eigenvalue weighted by Crippen LogP contribution is 2.28. The lowest BCUT2D eigenvalue weighted by Gasteiger charge is -2.02. The maximum Gasteiger partial charge on any atom is 0.113 e. The molecule has 0 unspecified atom stereocenters. The molecule has 0 fully saturated rings. The normalized spacial score (nSPS) is 11.1. The van der Waals surface area contributed by atoms with Crippen molar-refractivity contribution >= 4 is 54.5 Å². The van der Waals surface area contributed by atoms with Crippen LogP contribution in [0.3, 0.4) is 0 Å². The number of hydrogen-bond donors (Lipinski definition) is 0. The van der Waals surface area contributed by atoms with E-state index in [4.69, 9.17) is 11.6 Å². The molecule has 14 heavy (non-hydrogen) atoms. The summed E-state index contributed by atoms with van der Waals surface area (Å²) in [6.07, 6.45) is 1.72. The first kappa shape index (κ1) is 10.3. The summed E-state index contributed by atoms with van der Waals surface area (Å²) in [4.78, 5) is 8.66. The summed E-state index contributed by atoms with van der Waals surface area (Å²) in [5, 5.41) is 0.675. The third kappa shape index (κ3) is 2.07. The van der Waals surface area contributed by atoms with Crippen molar-refractivity contribution in [3.05, 3.63) is 35.1 Å². The summed E-state index contributed by atoms with van der Waals surface area (Å²) in [7, 11) is 0. The molecule has 0 aliphatic heterocycles. The molecule has 0 spiro atoms. The van der Waals surface area contributed by atoms with Crippen LogP contribution in [0.4, 0.5) is 0 Å². The summed E-state index contributed by atoms with van der Waals surface area (Å²) < 4.78 is 0.0302. The molecule has 2 nitrogen and oxygen atoms in total. The van der Waals surface area contributed by atoms with Crippen LogP contribution in [0.2, 0.25) is 5.02 Å². The molecule has 72 valence electrons. The number of nitrogens with zero attached hydrogens (tertiary/aromatic N) is 2. The summed E-state index contributed by atoms with van der Waals surface area (Å²) in [6.45, 7) is 0. The topological polar surface area (TPSA) is 25.8 Å². The fraction of sp³-hybridized carbons (Fsp3) is 0.111. The second kappa shape index (κ2) is 4.13. The Kier molecular flexibility index (Phi) is 3.04. The molecule has 2 aromatic rings. The monoisotopic (exact) mass is 334 g/mol. The van der Waals surface area contributed by atoms with Gasteiger partial charge in [0.15, 0.2) is 0 Å². The third-order valence-corrected chi connectivity index (χ3v) is 2.92. The van der Waals surface area contributed by atoms with Crippen LogP contribution in [0.25, 0.3) is 11.0 Å². The molecule has 1 aromatic heterocycles. The van der Waals surface area contributed by atoms with E-state index in [-0.39, 0.29) is 3.74 Å². The lowest BCUT2D eigenvalue weighted by molar-refractivity contribution is 1.17. The second-order valence-electron chi connectivity index (χ2n) is 2.73. The summed E-state index contributed by atoms with van der Waals surface area (Å²) >= 11 is 12.6. The number of rotatable bonds is 1. The van der Waals surface area contributed by atoms with Crippen LogP contribution in [0.15, 0.2) is 24.4 Å². The molecule has 0 amide bonds. The minimum atomic E-state index is 0.0302. The van der Waals surface area contributed by atoms with Crippen LogP contribution in [0, 0.1) is 0 Å². The molecule has 0 atom stereocenters. The number of aromatic nitrogens is 2. The van der Waals surface area contributed by atoms with E-state index < -0.39 is 0 Å². The van der Waals surface area contributed by atoms with Crippen molar-refractivity contribution < 1.29 is 0 Å². The quantitative estimate of drug-likeness (QED) is 0.734. The van der Waals surface area contributed by atoms with E-state index in [1.807, 2.05) is 6.07 Å². The van der Waals surface area contributed by atoms with Gasteiger partial charge in [-0.1, -0.05) is 43.5 Å². The zero-order chi connectivity index (χ0) is 10.1. The van der Waals surface area contributed by atoms with Crippen molar-refractivity contribution in [2.45, 2.75) is 3.74 Å². The van der Waals surface area contributed by atoms with Crippen LogP contribution in [-0.4, -0.2) is 9.97 Å². The molecule has 2 rings (SSSR count). The Balaban J connectivity index is 2.62. The van der Waals surface area contributed by atoms with E-state index in [1.165, 1.54) is 0 Å². The first-order valence-corrected chi connectivity index (χ1v) is 6.08. The highest BCUT2D eigenvalue weighted by molar-refractivity contribution is 9.24. The number of benzene rings is 1. The molecule has 0 N–H and O–H groups in total. The van der Waals surface area contributed by atoms with Crippen LogP contribution in [-0.2, 0) is 0 Å². The van der Waals surface area contributed by atoms with Gasteiger partial charge in [-0.25, -0.2) is 4.98 Å². The molecule has 1 aromatic carbocycles. The fourth-order valence-electron chi connectivity index (χ4n) is 1.10. The number of alkyl halides is 2. The smallest absolute Gasteiger partial charge is 0.113 e. The molecule has 0 saturated carbocycles. The number of hydrogen-bond acceptors (Lipinski definition) is 2. The van der Waals surface area contributed by atoms with Gasteiger partial charge in [0, 0.05) is 5.02 Å². The van der Waals surface area contributed by atoms with Crippen LogP contribution in [0.5, 0.6) is 0 Å². The van der Waals surface area contributed by atoms with E-state index in [1.54, 1.807) is 18.3 Å². The van der Waals surface area contributed by atoms with E-state index in [9.17, 15) is 0 Å². The Hall–Kier alpha value is -0.190. The van der Waals surface area contributed by atoms with Crippen LogP contribution in [0.1, 0.15) is 9.43 Å². The van der Waals surface area contributed by atoms with E-state index in [0.717, 1.165) is 16.7 Å². The van der Waals surface area contributed by atoms with Crippen molar-refractivity contribution in [1.29, 1.82) is 0 Å². The lowest BCUT2D eigenvalue weighted by Crippen LogP contribution is -1.90. The van der Waals surface area contributed by atoms with Crippen molar-refractivity contribution in [3.63, 3.8) is 0 Å². The van der Waals surface area contributed by atoms with Gasteiger partial charge >= 0.3 is 0 Å². The average molecular weight is 336 g/mol. The molecule has 5 heteroatoms. The third-order valence-electron chi connectivity index (χ3n) is 1.75. The van der Waals surface area contributed by atoms with Crippen LogP contribution < -0.4 is 0 Å². The molecule has 0 bridgehead atoms. The predicted molar refractivity (Wildman–Crippen MR) is 65.1 cm³/mol. The largest absolute Gasteiger partial charge is 0.253 e. The van der Waals surface area contributed by atoms with Gasteiger partial charge < -0.3 is 0 Å². The highest BCUT2D eigenvalue weighted by atomic mass is 79.9. The zero-order valence-electron chi connectivity index (χ0n) is 6.92. The van der Waals surface area contributed by atoms with Gasteiger partial charge in [-0.2, -0.15) is 0 Å². The first-order valence-electron chi connectivity index (χ1n) is 3.87. The maximum atomic E-state index is 5.83. The number of fused-ring (bicyclic) bond motifs is 1. The molecular weight excluding hydrogens is 331 g/mol. The Labute approximate surface area is 103 Å². The lowest BCUT2D eigenvalue weighted by atomic mass is 10.3. The van der Waals surface area contributed by atoms with Crippen molar-refractivity contribution in [2.75, 3.05) is 0 Å². The Morgan fingerprint density at radius 2 is 2.00 bits per heavy atom. The molecule has 0 aliphatic carbocycles. The van der Waals surface area contributed by atoms with Gasteiger partial charge in [0.05, 0.1) is 22.9 Å². The Morgan fingerprint density at radius 1 is 1.21 bits per heavy atom. The summed E-state index contributed by atoms with van der Waals surface area (Å²) in [6, 6.07) is 5.46. The second-order valence-corrected chi connectivity index (χ2v) is 6.23. The van der Waals surface area contributed by atoms with Crippen LogP contribution >= 0.6 is 43.5 Å². The summed E-state index contributed by atoms with van der Waals surface area (Å²) in [5.41, 5.74) is 2.50. The SMILES string of the molecule is Clc1ccc2nc(C(Br)Br)cnc2c1. The molecule has 0 aliphatic rings. The Morgan fingerprint density at radius 3 is 2.71 bits per heavy atom. The zero-order valence-corrected chi connectivity index (χ0v) is 10.8. The molecule has 1 heterocycles. The van der Waals surface area contributed by atoms with E-state index >= 15 is 0 Å². The van der Waals surface area contributed by atoms with E-state index in [0.29, 0.717) is 5.02 Å². The summed E-state index contributed by atoms with van der Waals surface area (Å²) in [5.74, 6) is 0. The molecule has 0 radical (unpaired) electrons. The van der Waals surface area contributed by atoms with Crippen molar-refractivity contribution in [2.24, 2.45) is 0 Å². The van der Waals surface area contributed by atoms with Gasteiger partial charge in [-0.05, 0) is 18.2 Å². The van der Waals surface area contributed by atoms with Gasteiger partial charge in [0.25, 0.3) is 0 Å². The highest BCUT2D eigenvalue weighted by Gasteiger charge is 2.06. The van der Waals surface area contributed by atoms with Gasteiger partial charge in [0.1, 0.15) is 3.74 Å². The van der Waals surface area contributed by atoms with Gasteiger partial charge in [0.2, 0.25) is 0 Å². The number of halogens is 3. The first-order chi connectivity index (χ1) is 6.66. The molecule has 0 saturated heterocycles. The minimum Gasteiger partial charge on any atom is -0.253 e. The maximum absolute atomic E-state index is 5.83. The fourth-order valence-corrected chi connectivity index (χ4v) is 1.71. The van der Waals surface area contributed by atoms with Gasteiger partial charge in [-0.3, -0.25) is 4.98 Å². The van der Waals surface area contributed by atoms with Crippen molar-refractivity contribution in [1.82, 2.24) is 9.97 Å². The average Bonchev–Trinajstić information content (AvgIpc) is 2.16. The molecular formula is C9H5Br2ClN2. The van der Waals surface area contributed by atoms with E-state index in [2.05, 4.69) is 41.8 Å². The standard InChI is InChI=1S/C9H5Br2ClN2/c10-9(11)8-4-13-7-3-5(12)1-2-6(7)14-8/h1-4,9H. The Bertz CT molecular complexity index is 473. The minimum absolute atomic E-state index is 0.0302.